The van der Waals surface area contributed by atoms with Crippen LogP contribution in [0, 0.1) is 21.0 Å². The van der Waals surface area contributed by atoms with Crippen molar-refractivity contribution in [3.8, 4) is 21.1 Å². The maximum absolute atomic E-state index is 12.8. The van der Waals surface area contributed by atoms with Crippen molar-refractivity contribution >= 4 is 91.1 Å². The molecule has 0 aliphatic carbocycles. The number of carboxylic acid groups (broad SMARTS) is 1. The van der Waals surface area contributed by atoms with Gasteiger partial charge in [0.1, 0.15) is 21.4 Å². The van der Waals surface area contributed by atoms with Gasteiger partial charge in [0.2, 0.25) is 0 Å². The van der Waals surface area contributed by atoms with E-state index in [1.165, 1.54) is 3.57 Å². The number of nitrogens with one attached hydrogen (secondary N) is 1. The second kappa shape index (κ2) is 19.9. The first kappa shape index (κ1) is 41.5. The van der Waals surface area contributed by atoms with E-state index in [-0.39, 0.29) is 5.91 Å². The molecule has 9 nitrogen and oxygen atoms in total. The Kier molecular flexibility index (Phi) is 14.5. The molecule has 0 radical (unpaired) electrons. The van der Waals surface area contributed by atoms with Crippen LogP contribution in [0.4, 0.5) is 11.4 Å². The lowest BCUT2D eigenvalue weighted by Crippen LogP contribution is -2.17. The molecule has 0 fully saturated rings. The van der Waals surface area contributed by atoms with Crippen molar-refractivity contribution in [2.75, 3.05) is 11.1 Å². The van der Waals surface area contributed by atoms with Crippen LogP contribution in [0.3, 0.4) is 0 Å². The van der Waals surface area contributed by atoms with Gasteiger partial charge in [0.25, 0.3) is 5.91 Å². The maximum atomic E-state index is 12.8. The first-order valence-electron chi connectivity index (χ1n) is 17.6. The summed E-state index contributed by atoms with van der Waals surface area (Å²) in [5, 5.41) is 18.1. The second-order valence-corrected chi connectivity index (χ2v) is 17.1. The van der Waals surface area contributed by atoms with Gasteiger partial charge in [-0.3, -0.25) is 4.79 Å². The Labute approximate surface area is 366 Å². The van der Waals surface area contributed by atoms with Gasteiger partial charge in [-0.1, -0.05) is 60.7 Å². The van der Waals surface area contributed by atoms with Crippen molar-refractivity contribution in [1.29, 1.82) is 0 Å². The third kappa shape index (κ3) is 12.0. The molecular weight excluding hydrogens is 978 g/mol. The minimum Gasteiger partial charge on any atom is -0.477 e. The van der Waals surface area contributed by atoms with E-state index < -0.39 is 5.97 Å². The quantitative estimate of drug-likeness (QED) is 0.0976. The van der Waals surface area contributed by atoms with Gasteiger partial charge in [-0.25, -0.2) is 14.8 Å². The normalized spacial score (nSPS) is 10.5. The molecule has 0 aliphatic rings. The van der Waals surface area contributed by atoms with Gasteiger partial charge in [0.15, 0.2) is 0 Å². The largest absolute Gasteiger partial charge is 0.477 e. The van der Waals surface area contributed by atoms with Gasteiger partial charge in [-0.05, 0) is 131 Å². The molecule has 0 unspecified atom stereocenters. The molecule has 288 valence electrons. The number of aryl methyl sites for hydroxylation is 2. The number of halogens is 2. The number of carbonyl (C=O) groups is 2. The maximum Gasteiger partial charge on any atom is 0.352 e. The standard InChI is InChI=1S/C22H18IN3OS.C16H14N2O2S.C6H6IN/c1-15-11-20(21(27)24-18-9-7-17(23)8-10-18)26(12-15)13-19-14-28-22(25-19)16-5-3-2-4-6-16;1-11-7-14(16(19)20)18(8-11)9-13-10-21-15(17-13)12-5-3-2-4-6-12;7-5-1-3-6(8)4-2-5/h2-12,14H,13H2,1H3,(H,24,27);2-8,10H,9H2,1H3,(H,19,20);1-4H,8H2. The number of hydrogen-bond acceptors (Lipinski definition) is 7. The molecule has 0 atom stereocenters. The summed E-state index contributed by atoms with van der Waals surface area (Å²) in [5.41, 5.74) is 14.0. The molecular formula is C44H38I2N6O3S2. The summed E-state index contributed by atoms with van der Waals surface area (Å²) in [6.45, 7) is 4.92. The Hall–Kier alpha value is -5.10. The van der Waals surface area contributed by atoms with Crippen LogP contribution in [0.5, 0.6) is 0 Å². The zero-order chi connectivity index (χ0) is 40.3. The summed E-state index contributed by atoms with van der Waals surface area (Å²) < 4.78 is 6.03. The van der Waals surface area contributed by atoms with Crippen LogP contribution in [-0.4, -0.2) is 36.1 Å². The van der Waals surface area contributed by atoms with Crippen molar-refractivity contribution in [1.82, 2.24) is 19.1 Å². The Morgan fingerprint density at radius 2 is 1.11 bits per heavy atom. The van der Waals surface area contributed by atoms with Gasteiger partial charge in [0.05, 0.1) is 24.5 Å². The smallest absolute Gasteiger partial charge is 0.352 e. The van der Waals surface area contributed by atoms with E-state index in [9.17, 15) is 14.7 Å². The van der Waals surface area contributed by atoms with Crippen LogP contribution >= 0.6 is 67.9 Å². The molecule has 0 saturated heterocycles. The Morgan fingerprint density at radius 3 is 1.56 bits per heavy atom. The van der Waals surface area contributed by atoms with Crippen LogP contribution < -0.4 is 11.1 Å². The van der Waals surface area contributed by atoms with Crippen molar-refractivity contribution in [2.45, 2.75) is 26.9 Å². The molecule has 0 aliphatic heterocycles. The summed E-state index contributed by atoms with van der Waals surface area (Å²) in [4.78, 5) is 33.3. The molecule has 4 N–H and O–H groups in total. The van der Waals surface area contributed by atoms with E-state index in [4.69, 9.17) is 10.7 Å². The van der Waals surface area contributed by atoms with Crippen molar-refractivity contribution in [3.63, 3.8) is 0 Å². The number of aromatic carboxylic acids is 1. The van der Waals surface area contributed by atoms with Gasteiger partial charge in [0, 0.05) is 52.8 Å². The molecule has 57 heavy (non-hydrogen) atoms. The number of rotatable bonds is 9. The monoisotopic (exact) mass is 1020 g/mol. The fraction of sp³-hybridized carbons (Fsp3) is 0.0909. The molecule has 4 aromatic carbocycles. The number of aromatic nitrogens is 4. The van der Waals surface area contributed by atoms with E-state index in [0.29, 0.717) is 24.5 Å². The zero-order valence-corrected chi connectivity index (χ0v) is 36.9. The van der Waals surface area contributed by atoms with E-state index >= 15 is 0 Å². The number of amides is 1. The fourth-order valence-corrected chi connectivity index (χ4v) is 8.02. The topological polar surface area (TPSA) is 128 Å². The minimum atomic E-state index is -0.915. The summed E-state index contributed by atoms with van der Waals surface area (Å²) in [7, 11) is 0. The van der Waals surface area contributed by atoms with Gasteiger partial charge < -0.3 is 25.3 Å². The average molecular weight is 1020 g/mol. The molecule has 13 heteroatoms. The number of nitrogen functional groups attached to an aromatic ring is 1. The summed E-state index contributed by atoms with van der Waals surface area (Å²) in [6.07, 6.45) is 3.83. The third-order valence-corrected chi connectivity index (χ3v) is 11.6. The molecule has 0 bridgehead atoms. The predicted molar refractivity (Wildman–Crippen MR) is 249 cm³/mol. The molecule has 0 spiro atoms. The van der Waals surface area contributed by atoms with E-state index in [0.717, 1.165) is 58.6 Å². The Morgan fingerprint density at radius 1 is 0.667 bits per heavy atom. The number of hydrogen-bond donors (Lipinski definition) is 3. The highest BCUT2D eigenvalue weighted by Crippen LogP contribution is 2.26. The van der Waals surface area contributed by atoms with Crippen molar-refractivity contribution in [3.05, 3.63) is 186 Å². The number of carboxylic acids is 1. The van der Waals surface area contributed by atoms with Crippen LogP contribution in [0.2, 0.25) is 0 Å². The summed E-state index contributed by atoms with van der Waals surface area (Å²) in [5.74, 6) is -1.03. The molecule has 4 heterocycles. The number of anilines is 2. The van der Waals surface area contributed by atoms with Crippen LogP contribution in [0.1, 0.15) is 43.5 Å². The van der Waals surface area contributed by atoms with Crippen molar-refractivity contribution < 1.29 is 14.7 Å². The van der Waals surface area contributed by atoms with E-state index in [1.54, 1.807) is 33.3 Å². The molecule has 8 rings (SSSR count). The summed E-state index contributed by atoms with van der Waals surface area (Å²) >= 11 is 7.68. The summed E-state index contributed by atoms with van der Waals surface area (Å²) in [6, 6.07) is 39.2. The highest BCUT2D eigenvalue weighted by atomic mass is 127. The lowest BCUT2D eigenvalue weighted by molar-refractivity contribution is 0.0685. The van der Waals surface area contributed by atoms with Crippen LogP contribution in [0.25, 0.3) is 21.1 Å². The SMILES string of the molecule is Cc1cc(C(=O)Nc2ccc(I)cc2)n(Cc2csc(-c3ccccc3)n2)c1.Cc1cc(C(=O)O)n(Cc2csc(-c3ccccc3)n2)c1.Nc1ccc(I)cc1. The number of thiazole rings is 2. The van der Waals surface area contributed by atoms with Crippen LogP contribution in [-0.2, 0) is 13.1 Å². The van der Waals surface area contributed by atoms with E-state index in [1.807, 2.05) is 139 Å². The van der Waals surface area contributed by atoms with E-state index in [2.05, 4.69) is 73.0 Å². The van der Waals surface area contributed by atoms with Gasteiger partial charge >= 0.3 is 5.97 Å². The number of benzene rings is 4. The molecule has 4 aromatic heterocycles. The molecule has 0 saturated carbocycles. The Balaban J connectivity index is 0.000000166. The average Bonchev–Trinajstić information content (AvgIpc) is 4.03. The first-order chi connectivity index (χ1) is 27.5. The fourth-order valence-electron chi connectivity index (χ4n) is 5.67. The molecule has 1 amide bonds. The Bertz CT molecular complexity index is 2530. The molecule has 8 aromatic rings. The zero-order valence-electron chi connectivity index (χ0n) is 31.0. The third-order valence-electron chi connectivity index (χ3n) is 8.30. The highest BCUT2D eigenvalue weighted by molar-refractivity contribution is 14.1. The number of nitrogens with two attached hydrogens (primary N) is 1. The van der Waals surface area contributed by atoms with Gasteiger partial charge in [-0.2, -0.15) is 0 Å². The minimum absolute atomic E-state index is 0.118. The highest BCUT2D eigenvalue weighted by Gasteiger charge is 2.16. The second-order valence-electron chi connectivity index (χ2n) is 12.9. The van der Waals surface area contributed by atoms with Crippen molar-refractivity contribution in [2.24, 2.45) is 0 Å². The number of carbonyl (C=O) groups excluding carboxylic acids is 1. The predicted octanol–water partition coefficient (Wildman–Crippen LogP) is 11.4. The first-order valence-corrected chi connectivity index (χ1v) is 21.6. The number of nitrogens with zero attached hydrogens (tertiary/aromatic N) is 4. The van der Waals surface area contributed by atoms with Gasteiger partial charge in [-0.15, -0.1) is 22.7 Å². The lowest BCUT2D eigenvalue weighted by atomic mass is 10.2. The lowest BCUT2D eigenvalue weighted by Gasteiger charge is -2.09. The van der Waals surface area contributed by atoms with Crippen LogP contribution in [0.15, 0.2) is 144 Å².